The van der Waals surface area contributed by atoms with E-state index in [4.69, 9.17) is 27.9 Å². The highest BCUT2D eigenvalue weighted by Crippen LogP contribution is 2.23. The molecule has 0 N–H and O–H groups in total. The predicted octanol–water partition coefficient (Wildman–Crippen LogP) is 5.83. The maximum atomic E-state index is 6.13. The van der Waals surface area contributed by atoms with E-state index in [1.807, 2.05) is 48.5 Å². The van der Waals surface area contributed by atoms with E-state index in [1.165, 1.54) is 0 Å². The summed E-state index contributed by atoms with van der Waals surface area (Å²) in [6, 6.07) is 15.8. The van der Waals surface area contributed by atoms with E-state index in [-0.39, 0.29) is 10.8 Å². The Bertz CT molecular complexity index is 717. The molecule has 0 saturated carbocycles. The molecular formula is C22H20Cl2O. The molecule has 0 aliphatic heterocycles. The van der Waals surface area contributed by atoms with E-state index in [2.05, 4.69) is 23.7 Å². The van der Waals surface area contributed by atoms with E-state index in [1.54, 1.807) is 13.8 Å². The van der Waals surface area contributed by atoms with Crippen molar-refractivity contribution in [2.45, 2.75) is 37.4 Å². The monoisotopic (exact) mass is 370 g/mol. The van der Waals surface area contributed by atoms with Crippen molar-refractivity contribution >= 4 is 23.2 Å². The van der Waals surface area contributed by atoms with Crippen LogP contribution in [0.25, 0.3) is 0 Å². The minimum Gasteiger partial charge on any atom is -0.457 e. The molecule has 0 fully saturated rings. The third-order valence-corrected chi connectivity index (χ3v) is 4.04. The third-order valence-electron chi connectivity index (χ3n) is 3.51. The smallest absolute Gasteiger partial charge is 0.127 e. The van der Waals surface area contributed by atoms with Crippen molar-refractivity contribution < 1.29 is 4.74 Å². The molecule has 3 heteroatoms. The lowest BCUT2D eigenvalue weighted by molar-refractivity contribution is 0.482. The molecule has 0 aliphatic carbocycles. The highest BCUT2D eigenvalue weighted by atomic mass is 35.5. The van der Waals surface area contributed by atoms with E-state index in [0.717, 1.165) is 35.5 Å². The van der Waals surface area contributed by atoms with Gasteiger partial charge in [-0.3, -0.25) is 0 Å². The van der Waals surface area contributed by atoms with Gasteiger partial charge in [-0.15, -0.1) is 35.0 Å². The normalized spacial score (nSPS) is 12.2. The maximum Gasteiger partial charge on any atom is 0.127 e. The van der Waals surface area contributed by atoms with Crippen LogP contribution in [0.4, 0.5) is 0 Å². The molecule has 2 atom stereocenters. The molecule has 0 bridgehead atoms. The van der Waals surface area contributed by atoms with Gasteiger partial charge in [0.1, 0.15) is 11.5 Å². The van der Waals surface area contributed by atoms with Gasteiger partial charge in [-0.25, -0.2) is 0 Å². The summed E-state index contributed by atoms with van der Waals surface area (Å²) in [6.45, 7) is 3.59. The van der Waals surface area contributed by atoms with Gasteiger partial charge in [0.25, 0.3) is 0 Å². The van der Waals surface area contributed by atoms with Gasteiger partial charge in [-0.1, -0.05) is 36.1 Å². The van der Waals surface area contributed by atoms with Gasteiger partial charge in [0.05, 0.1) is 10.8 Å². The van der Waals surface area contributed by atoms with Crippen molar-refractivity contribution in [3.63, 3.8) is 0 Å². The molecule has 128 valence electrons. The molecule has 0 heterocycles. The van der Waals surface area contributed by atoms with Crippen LogP contribution in [0.2, 0.25) is 0 Å². The molecule has 0 radical (unpaired) electrons. The molecule has 0 saturated heterocycles. The van der Waals surface area contributed by atoms with E-state index < -0.39 is 0 Å². The van der Waals surface area contributed by atoms with Crippen molar-refractivity contribution in [3.8, 4) is 35.2 Å². The highest BCUT2D eigenvalue weighted by molar-refractivity contribution is 6.22. The second-order valence-corrected chi connectivity index (χ2v) is 6.58. The summed E-state index contributed by atoms with van der Waals surface area (Å²) in [7, 11) is 0. The first-order chi connectivity index (χ1) is 12.1. The summed E-state index contributed by atoms with van der Waals surface area (Å²) in [6.07, 6.45) is 1.44. The molecule has 2 unspecified atom stereocenters. The van der Waals surface area contributed by atoms with Gasteiger partial charge < -0.3 is 4.74 Å². The van der Waals surface area contributed by atoms with Crippen molar-refractivity contribution in [2.24, 2.45) is 0 Å². The number of ether oxygens (including phenoxy) is 1. The second-order valence-electron chi connectivity index (χ2n) is 5.52. The summed E-state index contributed by atoms with van der Waals surface area (Å²) < 4.78 is 5.87. The molecule has 2 rings (SSSR count). The summed E-state index contributed by atoms with van der Waals surface area (Å²) in [5.74, 6) is 13.1. The van der Waals surface area contributed by atoms with Gasteiger partial charge in [0.15, 0.2) is 0 Å². The standard InChI is InChI=1S/C22H20Cl2O/c1-3-5-19(23)15-17-7-11-21(12-8-17)25-22-13-9-18(10-14-22)16-20(24)6-4-2/h7-14,19-20H,15-16H2,1-2H3. The molecule has 0 aromatic heterocycles. The van der Waals surface area contributed by atoms with Gasteiger partial charge in [-0.2, -0.15) is 0 Å². The average molecular weight is 371 g/mol. The molecule has 2 aromatic rings. The Hall–Kier alpha value is -2.06. The summed E-state index contributed by atoms with van der Waals surface area (Å²) in [5.41, 5.74) is 2.27. The summed E-state index contributed by atoms with van der Waals surface area (Å²) in [5, 5.41) is -0.320. The van der Waals surface area contributed by atoms with Crippen molar-refractivity contribution in [1.82, 2.24) is 0 Å². The number of hydrogen-bond acceptors (Lipinski definition) is 1. The molecule has 0 aliphatic rings. The molecular weight excluding hydrogens is 351 g/mol. The first-order valence-corrected chi connectivity index (χ1v) is 8.96. The SMILES string of the molecule is CC#CC(Cl)Cc1ccc(Oc2ccc(CC(Cl)C#CC)cc2)cc1. The Morgan fingerprint density at radius 2 is 1.08 bits per heavy atom. The number of benzene rings is 2. The molecule has 1 nitrogen and oxygen atoms in total. The quantitative estimate of drug-likeness (QED) is 0.459. The van der Waals surface area contributed by atoms with Gasteiger partial charge in [-0.05, 0) is 62.1 Å². The second kappa shape index (κ2) is 10.0. The van der Waals surface area contributed by atoms with Crippen LogP contribution in [0.15, 0.2) is 48.5 Å². The summed E-state index contributed by atoms with van der Waals surface area (Å²) >= 11 is 12.3. The van der Waals surface area contributed by atoms with Crippen molar-refractivity contribution in [3.05, 3.63) is 59.7 Å². The lowest BCUT2D eigenvalue weighted by Gasteiger charge is -2.09. The summed E-state index contributed by atoms with van der Waals surface area (Å²) in [4.78, 5) is 0. The van der Waals surface area contributed by atoms with Crippen LogP contribution in [0.1, 0.15) is 25.0 Å². The number of halogens is 2. The highest BCUT2D eigenvalue weighted by Gasteiger charge is 2.05. The van der Waals surface area contributed by atoms with Crippen LogP contribution < -0.4 is 4.74 Å². The van der Waals surface area contributed by atoms with Crippen LogP contribution in [-0.2, 0) is 12.8 Å². The largest absolute Gasteiger partial charge is 0.457 e. The van der Waals surface area contributed by atoms with Crippen LogP contribution in [0.5, 0.6) is 11.5 Å². The molecule has 0 amide bonds. The Balaban J connectivity index is 1.94. The van der Waals surface area contributed by atoms with E-state index in [9.17, 15) is 0 Å². The van der Waals surface area contributed by atoms with Crippen LogP contribution in [0.3, 0.4) is 0 Å². The number of rotatable bonds is 6. The lowest BCUT2D eigenvalue weighted by Crippen LogP contribution is -2.00. The topological polar surface area (TPSA) is 9.23 Å². The Labute approximate surface area is 160 Å². The first kappa shape index (κ1) is 19.3. The number of alkyl halides is 2. The fourth-order valence-electron chi connectivity index (χ4n) is 2.35. The average Bonchev–Trinajstić information content (AvgIpc) is 2.59. The van der Waals surface area contributed by atoms with Crippen LogP contribution in [0, 0.1) is 23.7 Å². The zero-order valence-electron chi connectivity index (χ0n) is 14.4. The third kappa shape index (κ3) is 6.75. The Morgan fingerprint density at radius 3 is 1.40 bits per heavy atom. The van der Waals surface area contributed by atoms with Gasteiger partial charge in [0.2, 0.25) is 0 Å². The number of hydrogen-bond donors (Lipinski definition) is 0. The fraction of sp³-hybridized carbons (Fsp3) is 0.273. The maximum absolute atomic E-state index is 6.13. The van der Waals surface area contributed by atoms with Crippen LogP contribution in [-0.4, -0.2) is 10.8 Å². The first-order valence-electron chi connectivity index (χ1n) is 8.09. The van der Waals surface area contributed by atoms with Gasteiger partial charge >= 0.3 is 0 Å². The van der Waals surface area contributed by atoms with E-state index >= 15 is 0 Å². The fourth-order valence-corrected chi connectivity index (χ4v) is 2.93. The minimum atomic E-state index is -0.160. The predicted molar refractivity (Wildman–Crippen MR) is 107 cm³/mol. The van der Waals surface area contributed by atoms with Crippen LogP contribution >= 0.6 is 23.2 Å². The Kier molecular flexibility index (Phi) is 7.75. The lowest BCUT2D eigenvalue weighted by atomic mass is 10.1. The molecule has 25 heavy (non-hydrogen) atoms. The van der Waals surface area contributed by atoms with Crippen molar-refractivity contribution in [2.75, 3.05) is 0 Å². The molecule has 2 aromatic carbocycles. The van der Waals surface area contributed by atoms with Gasteiger partial charge in [0, 0.05) is 0 Å². The minimum absolute atomic E-state index is 0.160. The van der Waals surface area contributed by atoms with Crippen molar-refractivity contribution in [1.29, 1.82) is 0 Å². The zero-order chi connectivity index (χ0) is 18.1. The van der Waals surface area contributed by atoms with E-state index in [0.29, 0.717) is 0 Å². The zero-order valence-corrected chi connectivity index (χ0v) is 15.9. The Morgan fingerprint density at radius 1 is 0.720 bits per heavy atom. The molecule has 0 spiro atoms.